The second kappa shape index (κ2) is 14.7. The Balaban J connectivity index is 0.000000255. The Kier molecular flexibility index (Phi) is 11.0. The van der Waals surface area contributed by atoms with E-state index in [0.29, 0.717) is 0 Å². The quantitative estimate of drug-likeness (QED) is 0.220. The van der Waals surface area contributed by atoms with E-state index < -0.39 is 0 Å². The Morgan fingerprint density at radius 2 is 0.650 bits per heavy atom. The second-order valence-electron chi connectivity index (χ2n) is 10.4. The highest BCUT2D eigenvalue weighted by molar-refractivity contribution is 5.86. The summed E-state index contributed by atoms with van der Waals surface area (Å²) in [5.41, 5.74) is 14.6. The summed E-state index contributed by atoms with van der Waals surface area (Å²) in [7, 11) is 0. The third kappa shape index (κ3) is 8.29. The lowest BCUT2D eigenvalue weighted by Crippen LogP contribution is -1.99. The van der Waals surface area contributed by atoms with Crippen molar-refractivity contribution >= 4 is 11.1 Å². The van der Waals surface area contributed by atoms with E-state index in [-0.39, 0.29) is 0 Å². The van der Waals surface area contributed by atoms with Crippen LogP contribution < -0.4 is 0 Å². The summed E-state index contributed by atoms with van der Waals surface area (Å²) in [5.74, 6) is 0. The van der Waals surface area contributed by atoms with Crippen LogP contribution in [0.5, 0.6) is 0 Å². The molecule has 0 spiro atoms. The molecule has 0 unspecified atom stereocenters. The van der Waals surface area contributed by atoms with E-state index in [9.17, 15) is 0 Å². The summed E-state index contributed by atoms with van der Waals surface area (Å²) in [6.07, 6.45) is 0. The lowest BCUT2D eigenvalue weighted by molar-refractivity contribution is 1.31. The SMILES string of the molecule is C=C(c1ccccc1C)c1cc(C)c(C(=C)c2ccccc2C)cc1C.Cc1ccccc1.Cc1ccccc1. The molecular weight excluding hydrogens is 480 g/mol. The van der Waals surface area contributed by atoms with Gasteiger partial charge in [-0.05, 0) is 97.2 Å². The molecule has 0 radical (unpaired) electrons. The van der Waals surface area contributed by atoms with Gasteiger partial charge in [0.05, 0.1) is 0 Å². The predicted octanol–water partition coefficient (Wildman–Crippen LogP) is 11.0. The molecule has 40 heavy (non-hydrogen) atoms. The van der Waals surface area contributed by atoms with Crippen LogP contribution in [0.2, 0.25) is 0 Å². The normalized spacial score (nSPS) is 9.95. The van der Waals surface area contributed by atoms with Crippen LogP contribution in [0.25, 0.3) is 11.1 Å². The highest BCUT2D eigenvalue weighted by Crippen LogP contribution is 2.33. The topological polar surface area (TPSA) is 0 Å². The van der Waals surface area contributed by atoms with Crippen molar-refractivity contribution in [3.05, 3.63) is 190 Å². The highest BCUT2D eigenvalue weighted by Gasteiger charge is 2.13. The average molecular weight is 523 g/mol. The molecule has 0 aliphatic rings. The molecule has 0 saturated heterocycles. The molecule has 5 aromatic carbocycles. The van der Waals surface area contributed by atoms with E-state index in [1.54, 1.807) is 0 Å². The molecule has 0 aliphatic carbocycles. The molecule has 0 saturated carbocycles. The van der Waals surface area contributed by atoms with Gasteiger partial charge in [0, 0.05) is 0 Å². The van der Waals surface area contributed by atoms with Crippen LogP contribution in [-0.4, -0.2) is 0 Å². The summed E-state index contributed by atoms with van der Waals surface area (Å²) < 4.78 is 0. The maximum Gasteiger partial charge on any atom is -0.0152 e. The Hall–Kier alpha value is -4.42. The third-order valence-corrected chi connectivity index (χ3v) is 7.04. The Labute approximate surface area is 242 Å². The monoisotopic (exact) mass is 522 g/mol. The van der Waals surface area contributed by atoms with Crippen LogP contribution in [0, 0.1) is 41.5 Å². The maximum absolute atomic E-state index is 4.38. The van der Waals surface area contributed by atoms with Crippen molar-refractivity contribution in [2.45, 2.75) is 41.5 Å². The molecular formula is C40H42. The standard InChI is InChI=1S/C26H26.2C7H8/c1-17-11-7-9-13-23(17)21(5)25-15-20(4)26(16-19(25)3)22(6)24-14-10-8-12-18(24)2;2*1-7-5-3-2-4-6-7/h7-16H,5-6H2,1-4H3;2*2-6H,1H3. The molecule has 202 valence electrons. The summed E-state index contributed by atoms with van der Waals surface area (Å²) >= 11 is 0. The van der Waals surface area contributed by atoms with Gasteiger partial charge in [-0.15, -0.1) is 0 Å². The maximum atomic E-state index is 4.38. The van der Waals surface area contributed by atoms with Crippen molar-refractivity contribution in [2.24, 2.45) is 0 Å². The average Bonchev–Trinajstić information content (AvgIpc) is 2.95. The number of hydrogen-bond acceptors (Lipinski definition) is 0. The summed E-state index contributed by atoms with van der Waals surface area (Å²) in [6.45, 7) is 21.5. The minimum absolute atomic E-state index is 1.08. The molecule has 0 aliphatic heterocycles. The number of hydrogen-bond donors (Lipinski definition) is 0. The molecule has 0 bridgehead atoms. The Morgan fingerprint density at radius 1 is 0.350 bits per heavy atom. The zero-order chi connectivity index (χ0) is 29.1. The van der Waals surface area contributed by atoms with Crippen molar-refractivity contribution < 1.29 is 0 Å². The van der Waals surface area contributed by atoms with Gasteiger partial charge in [-0.2, -0.15) is 0 Å². The number of benzene rings is 5. The molecule has 0 atom stereocenters. The van der Waals surface area contributed by atoms with Crippen LogP contribution >= 0.6 is 0 Å². The first-order valence-electron chi connectivity index (χ1n) is 13.8. The zero-order valence-corrected chi connectivity index (χ0v) is 25.0. The highest BCUT2D eigenvalue weighted by atomic mass is 14.2. The molecule has 0 heteroatoms. The second-order valence-corrected chi connectivity index (χ2v) is 10.4. The van der Waals surface area contributed by atoms with Gasteiger partial charge >= 0.3 is 0 Å². The number of rotatable bonds is 4. The third-order valence-electron chi connectivity index (χ3n) is 7.04. The van der Waals surface area contributed by atoms with Gasteiger partial charge in [-0.3, -0.25) is 0 Å². The molecule has 5 aromatic rings. The van der Waals surface area contributed by atoms with Crippen molar-refractivity contribution in [3.63, 3.8) is 0 Å². The molecule has 0 aromatic heterocycles. The zero-order valence-electron chi connectivity index (χ0n) is 25.0. The van der Waals surface area contributed by atoms with E-state index in [4.69, 9.17) is 0 Å². The molecule has 0 fully saturated rings. The van der Waals surface area contributed by atoms with Crippen LogP contribution in [0.15, 0.2) is 134 Å². The molecule has 0 nitrogen and oxygen atoms in total. The van der Waals surface area contributed by atoms with Gasteiger partial charge in [0.1, 0.15) is 0 Å². The van der Waals surface area contributed by atoms with Crippen LogP contribution in [0.1, 0.15) is 55.6 Å². The summed E-state index contributed by atoms with van der Waals surface area (Å²) in [6, 6.07) is 41.9. The van der Waals surface area contributed by atoms with Crippen molar-refractivity contribution in [1.82, 2.24) is 0 Å². The van der Waals surface area contributed by atoms with Gasteiger partial charge in [-0.25, -0.2) is 0 Å². The van der Waals surface area contributed by atoms with Gasteiger partial charge < -0.3 is 0 Å². The van der Waals surface area contributed by atoms with Gasteiger partial charge in [0.15, 0.2) is 0 Å². The van der Waals surface area contributed by atoms with E-state index in [0.717, 1.165) is 11.1 Å². The fraction of sp³-hybridized carbons (Fsp3) is 0.150. The first-order chi connectivity index (χ1) is 19.2. The largest absolute Gasteiger partial charge is 0.0905 e. The smallest absolute Gasteiger partial charge is 0.0152 e. The van der Waals surface area contributed by atoms with Gasteiger partial charge in [-0.1, -0.05) is 146 Å². The van der Waals surface area contributed by atoms with Gasteiger partial charge in [0.2, 0.25) is 0 Å². The van der Waals surface area contributed by atoms with Crippen molar-refractivity contribution in [2.75, 3.05) is 0 Å². The Bertz CT molecular complexity index is 1430. The van der Waals surface area contributed by atoms with Gasteiger partial charge in [0.25, 0.3) is 0 Å². The molecule has 0 N–H and O–H groups in total. The predicted molar refractivity (Wildman–Crippen MR) is 177 cm³/mol. The number of aryl methyl sites for hydroxylation is 6. The van der Waals surface area contributed by atoms with E-state index >= 15 is 0 Å². The van der Waals surface area contributed by atoms with E-state index in [1.165, 1.54) is 55.6 Å². The van der Waals surface area contributed by atoms with Crippen LogP contribution in [0.4, 0.5) is 0 Å². The van der Waals surface area contributed by atoms with Crippen molar-refractivity contribution in [3.8, 4) is 0 Å². The van der Waals surface area contributed by atoms with Crippen LogP contribution in [-0.2, 0) is 0 Å². The lowest BCUT2D eigenvalue weighted by Gasteiger charge is -2.18. The first kappa shape index (κ1) is 30.1. The van der Waals surface area contributed by atoms with Crippen LogP contribution in [0.3, 0.4) is 0 Å². The fourth-order valence-corrected chi connectivity index (χ4v) is 4.65. The molecule has 5 rings (SSSR count). The molecule has 0 amide bonds. The lowest BCUT2D eigenvalue weighted by atomic mass is 9.86. The molecule has 0 heterocycles. The first-order valence-corrected chi connectivity index (χ1v) is 13.8. The van der Waals surface area contributed by atoms with E-state index in [1.807, 2.05) is 36.4 Å². The minimum atomic E-state index is 1.08. The van der Waals surface area contributed by atoms with Crippen molar-refractivity contribution in [1.29, 1.82) is 0 Å². The van der Waals surface area contributed by atoms with E-state index in [2.05, 4.69) is 140 Å². The minimum Gasteiger partial charge on any atom is -0.0905 e. The summed E-state index contributed by atoms with van der Waals surface area (Å²) in [5, 5.41) is 0. The summed E-state index contributed by atoms with van der Waals surface area (Å²) in [4.78, 5) is 0. The fourth-order valence-electron chi connectivity index (χ4n) is 4.65. The Morgan fingerprint density at radius 3 is 0.925 bits per heavy atom.